The molecule has 0 radical (unpaired) electrons. The molecular formula is C20H25N3O2S. The molecule has 0 atom stereocenters. The van der Waals surface area contributed by atoms with Crippen LogP contribution in [0, 0.1) is 6.92 Å². The number of pyridine rings is 1. The highest BCUT2D eigenvalue weighted by Gasteiger charge is 2.09. The molecule has 6 heteroatoms. The molecule has 1 N–H and O–H groups in total. The van der Waals surface area contributed by atoms with Crippen molar-refractivity contribution < 1.29 is 9.53 Å². The third-order valence-corrected chi connectivity index (χ3v) is 4.49. The van der Waals surface area contributed by atoms with E-state index in [1.807, 2.05) is 31.2 Å². The van der Waals surface area contributed by atoms with Gasteiger partial charge in [0.25, 0.3) is 0 Å². The van der Waals surface area contributed by atoms with Crippen LogP contribution in [-0.4, -0.2) is 47.1 Å². The number of benzene rings is 1. The largest absolute Gasteiger partial charge is 0.461 e. The van der Waals surface area contributed by atoms with Gasteiger partial charge in [0.05, 0.1) is 5.56 Å². The van der Waals surface area contributed by atoms with E-state index in [2.05, 4.69) is 29.0 Å². The van der Waals surface area contributed by atoms with Crippen LogP contribution >= 0.6 is 12.2 Å². The Balaban J connectivity index is 1.90. The molecule has 0 saturated carbocycles. The zero-order valence-corrected chi connectivity index (χ0v) is 16.3. The first kappa shape index (κ1) is 20.0. The number of hydrogen-bond donors (Lipinski definition) is 1. The number of nitrogens with one attached hydrogen (secondary N) is 1. The maximum atomic E-state index is 12.1. The molecule has 0 aliphatic carbocycles. The zero-order chi connectivity index (χ0) is 18.9. The molecule has 0 unspecified atom stereocenters. The van der Waals surface area contributed by atoms with Crippen LogP contribution in [0.2, 0.25) is 0 Å². The second-order valence-corrected chi connectivity index (χ2v) is 6.24. The third kappa shape index (κ3) is 5.61. The first-order valence-corrected chi connectivity index (χ1v) is 9.18. The molecule has 5 nitrogen and oxygen atoms in total. The van der Waals surface area contributed by atoms with Crippen LogP contribution in [0.5, 0.6) is 0 Å². The van der Waals surface area contributed by atoms with Gasteiger partial charge in [-0.15, -0.1) is 0 Å². The molecule has 2 aromatic rings. The van der Waals surface area contributed by atoms with E-state index in [0.717, 1.165) is 36.6 Å². The number of carbonyl (C=O) groups excluding carboxylic acids is 1. The van der Waals surface area contributed by atoms with Crippen molar-refractivity contribution in [3.8, 4) is 0 Å². The Kier molecular flexibility index (Phi) is 7.69. The summed E-state index contributed by atoms with van der Waals surface area (Å²) < 4.78 is 5.33. The van der Waals surface area contributed by atoms with E-state index in [4.69, 9.17) is 17.0 Å². The number of carbonyl (C=O) groups is 1. The Morgan fingerprint density at radius 2 is 1.88 bits per heavy atom. The molecule has 26 heavy (non-hydrogen) atoms. The predicted molar refractivity (Wildman–Crippen MR) is 109 cm³/mol. The minimum absolute atomic E-state index is 0.311. The van der Waals surface area contributed by atoms with Gasteiger partial charge in [-0.05, 0) is 56.4 Å². The first-order chi connectivity index (χ1) is 12.5. The van der Waals surface area contributed by atoms with Gasteiger partial charge in [-0.2, -0.15) is 0 Å². The summed E-state index contributed by atoms with van der Waals surface area (Å²) in [4.78, 5) is 19.2. The number of likely N-dealkylation sites (N-methyl/N-ethyl adjacent to an activating group) is 1. The Bertz CT molecular complexity index is 743. The van der Waals surface area contributed by atoms with Crippen molar-refractivity contribution in [1.29, 1.82) is 0 Å². The lowest BCUT2D eigenvalue weighted by Crippen LogP contribution is -2.27. The minimum atomic E-state index is -0.311. The zero-order valence-electron chi connectivity index (χ0n) is 15.5. The Morgan fingerprint density at radius 3 is 2.50 bits per heavy atom. The number of esters is 1. The highest BCUT2D eigenvalue weighted by Crippen LogP contribution is 2.14. The standard InChI is InChI=1S/C20H25N3O2S/c1-4-23(5-2)13-14-25-20(24)16-8-10-17(11-9-16)22-19(26)18-7-6-12-21-15(18)3/h6-12H,4-5,13-14H2,1-3H3,(H,22,26). The van der Waals surface area contributed by atoms with Crippen LogP contribution in [-0.2, 0) is 4.74 Å². The molecule has 138 valence electrons. The quantitative estimate of drug-likeness (QED) is 0.564. The maximum Gasteiger partial charge on any atom is 0.338 e. The smallest absolute Gasteiger partial charge is 0.338 e. The van der Waals surface area contributed by atoms with Crippen molar-refractivity contribution in [3.05, 3.63) is 59.4 Å². The van der Waals surface area contributed by atoms with Crippen LogP contribution in [0.25, 0.3) is 0 Å². The van der Waals surface area contributed by atoms with E-state index in [-0.39, 0.29) is 5.97 Å². The summed E-state index contributed by atoms with van der Waals surface area (Å²) in [7, 11) is 0. The van der Waals surface area contributed by atoms with Crippen LogP contribution < -0.4 is 5.32 Å². The Morgan fingerprint density at radius 1 is 1.19 bits per heavy atom. The Hall–Kier alpha value is -2.31. The lowest BCUT2D eigenvalue weighted by atomic mass is 10.2. The lowest BCUT2D eigenvalue weighted by Gasteiger charge is -2.17. The van der Waals surface area contributed by atoms with Gasteiger partial charge in [0.1, 0.15) is 11.6 Å². The van der Waals surface area contributed by atoms with Crippen LogP contribution in [0.3, 0.4) is 0 Å². The van der Waals surface area contributed by atoms with Crippen molar-refractivity contribution in [1.82, 2.24) is 9.88 Å². The highest BCUT2D eigenvalue weighted by atomic mass is 32.1. The summed E-state index contributed by atoms with van der Waals surface area (Å²) in [6.45, 7) is 9.14. The second-order valence-electron chi connectivity index (χ2n) is 5.83. The number of aryl methyl sites for hydroxylation is 1. The average molecular weight is 372 g/mol. The monoisotopic (exact) mass is 371 g/mol. The fraction of sp³-hybridized carbons (Fsp3) is 0.350. The van der Waals surface area contributed by atoms with E-state index in [0.29, 0.717) is 17.2 Å². The number of rotatable bonds is 8. The first-order valence-electron chi connectivity index (χ1n) is 8.77. The molecule has 1 aromatic carbocycles. The number of ether oxygens (including phenoxy) is 1. The summed E-state index contributed by atoms with van der Waals surface area (Å²) in [5.41, 5.74) is 3.11. The molecule has 0 aliphatic heterocycles. The van der Waals surface area contributed by atoms with E-state index < -0.39 is 0 Å². The van der Waals surface area contributed by atoms with Crippen LogP contribution in [0.15, 0.2) is 42.6 Å². The summed E-state index contributed by atoms with van der Waals surface area (Å²) in [6.07, 6.45) is 1.74. The van der Waals surface area contributed by atoms with Gasteiger partial charge in [-0.1, -0.05) is 26.1 Å². The molecule has 0 spiro atoms. The maximum absolute atomic E-state index is 12.1. The van der Waals surface area contributed by atoms with Gasteiger partial charge in [-0.3, -0.25) is 4.98 Å². The summed E-state index contributed by atoms with van der Waals surface area (Å²) in [5, 5.41) is 3.17. The van der Waals surface area contributed by atoms with Crippen molar-refractivity contribution in [2.75, 3.05) is 31.6 Å². The highest BCUT2D eigenvalue weighted by molar-refractivity contribution is 7.81. The van der Waals surface area contributed by atoms with Crippen molar-refractivity contribution >= 4 is 28.9 Å². The molecule has 1 aromatic heterocycles. The summed E-state index contributed by atoms with van der Waals surface area (Å²) in [5.74, 6) is -0.311. The van der Waals surface area contributed by atoms with E-state index >= 15 is 0 Å². The SMILES string of the molecule is CCN(CC)CCOC(=O)c1ccc(NC(=S)c2cccnc2C)cc1. The molecular weight excluding hydrogens is 346 g/mol. The van der Waals surface area contributed by atoms with Crippen molar-refractivity contribution in [2.45, 2.75) is 20.8 Å². The van der Waals surface area contributed by atoms with E-state index in [1.54, 1.807) is 18.3 Å². The predicted octanol–water partition coefficient (Wildman–Crippen LogP) is 3.68. The topological polar surface area (TPSA) is 54.5 Å². The molecule has 0 saturated heterocycles. The van der Waals surface area contributed by atoms with Crippen molar-refractivity contribution in [3.63, 3.8) is 0 Å². The summed E-state index contributed by atoms with van der Waals surface area (Å²) >= 11 is 5.43. The number of thiocarbonyl (C=S) groups is 1. The van der Waals surface area contributed by atoms with E-state index in [9.17, 15) is 4.79 Å². The minimum Gasteiger partial charge on any atom is -0.461 e. The molecule has 0 aliphatic rings. The summed E-state index contributed by atoms with van der Waals surface area (Å²) in [6, 6.07) is 10.9. The second kappa shape index (κ2) is 9.99. The number of anilines is 1. The average Bonchev–Trinajstić information content (AvgIpc) is 2.66. The van der Waals surface area contributed by atoms with Crippen LogP contribution in [0.1, 0.15) is 35.5 Å². The lowest BCUT2D eigenvalue weighted by molar-refractivity contribution is 0.0466. The molecule has 0 fully saturated rings. The van der Waals surface area contributed by atoms with Crippen LogP contribution in [0.4, 0.5) is 5.69 Å². The van der Waals surface area contributed by atoms with Gasteiger partial charge in [0, 0.05) is 29.7 Å². The molecule has 1 heterocycles. The third-order valence-electron chi connectivity index (χ3n) is 4.17. The fourth-order valence-electron chi connectivity index (χ4n) is 2.50. The Labute approximate surface area is 160 Å². The molecule has 0 bridgehead atoms. The van der Waals surface area contributed by atoms with Crippen molar-refractivity contribution in [2.24, 2.45) is 0 Å². The molecule has 0 amide bonds. The van der Waals surface area contributed by atoms with Gasteiger partial charge in [0.2, 0.25) is 0 Å². The fourth-order valence-corrected chi connectivity index (χ4v) is 2.84. The molecule has 2 rings (SSSR count). The number of aromatic nitrogens is 1. The van der Waals surface area contributed by atoms with Gasteiger partial charge in [-0.25, -0.2) is 4.79 Å². The van der Waals surface area contributed by atoms with Gasteiger partial charge in [0.15, 0.2) is 0 Å². The van der Waals surface area contributed by atoms with E-state index in [1.165, 1.54) is 0 Å². The number of hydrogen-bond acceptors (Lipinski definition) is 5. The normalized spacial score (nSPS) is 10.6. The van der Waals surface area contributed by atoms with Gasteiger partial charge < -0.3 is 15.0 Å². The number of nitrogens with zero attached hydrogens (tertiary/aromatic N) is 2. The van der Waals surface area contributed by atoms with Gasteiger partial charge >= 0.3 is 5.97 Å².